The van der Waals surface area contributed by atoms with Crippen LogP contribution in [0.5, 0.6) is 0 Å². The largest absolute Gasteiger partial charge is 0.355 e. The highest BCUT2D eigenvalue weighted by Crippen LogP contribution is 2.28. The van der Waals surface area contributed by atoms with Crippen molar-refractivity contribution in [2.24, 2.45) is 5.92 Å². The van der Waals surface area contributed by atoms with Gasteiger partial charge >= 0.3 is 0 Å². The molecule has 0 aliphatic carbocycles. The van der Waals surface area contributed by atoms with Crippen LogP contribution in [0.25, 0.3) is 16.4 Å². The van der Waals surface area contributed by atoms with Gasteiger partial charge in [0.05, 0.1) is 17.9 Å². The third kappa shape index (κ3) is 5.09. The highest BCUT2D eigenvalue weighted by atomic mass is 32.1. The normalized spacial score (nSPS) is 14.3. The molecule has 0 unspecified atom stereocenters. The lowest BCUT2D eigenvalue weighted by Gasteiger charge is -2.31. The highest BCUT2D eigenvalue weighted by molar-refractivity contribution is 7.15. The SMILES string of the molecule is Cc1cc(C)n(-c2ccc(N3CCC(C(=O)NCc4sc(-c5ccccc5)nc4C)CC3)nn2)n1. The summed E-state index contributed by atoms with van der Waals surface area (Å²) in [6, 6.07) is 16.1. The van der Waals surface area contributed by atoms with E-state index < -0.39 is 0 Å². The average Bonchev–Trinajstić information content (AvgIpc) is 3.43. The number of nitrogens with one attached hydrogen (secondary N) is 1. The van der Waals surface area contributed by atoms with Gasteiger partial charge in [0.25, 0.3) is 0 Å². The zero-order chi connectivity index (χ0) is 24.4. The van der Waals surface area contributed by atoms with Crippen molar-refractivity contribution in [2.45, 2.75) is 40.2 Å². The van der Waals surface area contributed by atoms with Gasteiger partial charge in [0.15, 0.2) is 11.6 Å². The minimum atomic E-state index is 0.00926. The number of piperidine rings is 1. The molecule has 4 heterocycles. The minimum absolute atomic E-state index is 0.00926. The zero-order valence-corrected chi connectivity index (χ0v) is 21.0. The monoisotopic (exact) mass is 487 g/mol. The first kappa shape index (κ1) is 23.2. The second-order valence-electron chi connectivity index (χ2n) is 8.96. The van der Waals surface area contributed by atoms with Crippen LogP contribution in [0.3, 0.4) is 0 Å². The van der Waals surface area contributed by atoms with Crippen molar-refractivity contribution in [2.75, 3.05) is 18.0 Å². The Balaban J connectivity index is 1.14. The summed E-state index contributed by atoms with van der Waals surface area (Å²) < 4.78 is 1.80. The fourth-order valence-electron chi connectivity index (χ4n) is 4.44. The van der Waals surface area contributed by atoms with E-state index in [-0.39, 0.29) is 11.8 Å². The number of hydrogen-bond acceptors (Lipinski definition) is 7. The van der Waals surface area contributed by atoms with Crippen LogP contribution in [0.4, 0.5) is 5.82 Å². The van der Waals surface area contributed by atoms with E-state index in [1.165, 1.54) is 0 Å². The van der Waals surface area contributed by atoms with Gasteiger partial charge in [-0.05, 0) is 51.8 Å². The number of rotatable bonds is 6. The van der Waals surface area contributed by atoms with Gasteiger partial charge in [0.1, 0.15) is 5.01 Å². The molecule has 1 N–H and O–H groups in total. The molecule has 5 rings (SSSR count). The van der Waals surface area contributed by atoms with Gasteiger partial charge in [-0.1, -0.05) is 30.3 Å². The van der Waals surface area contributed by atoms with Gasteiger partial charge in [-0.3, -0.25) is 4.79 Å². The van der Waals surface area contributed by atoms with Gasteiger partial charge in [-0.25, -0.2) is 9.67 Å². The van der Waals surface area contributed by atoms with Crippen molar-refractivity contribution in [1.29, 1.82) is 0 Å². The van der Waals surface area contributed by atoms with Crippen LogP contribution in [0.2, 0.25) is 0 Å². The summed E-state index contributed by atoms with van der Waals surface area (Å²) in [7, 11) is 0. The molecule has 1 fully saturated rings. The fourth-order valence-corrected chi connectivity index (χ4v) is 5.45. The van der Waals surface area contributed by atoms with E-state index in [2.05, 4.69) is 42.6 Å². The first-order valence-electron chi connectivity index (χ1n) is 11.9. The van der Waals surface area contributed by atoms with Crippen LogP contribution in [0, 0.1) is 26.7 Å². The standard InChI is InChI=1S/C26H29N7OS/c1-17-15-18(2)33(31-17)24-10-9-23(29-30-24)32-13-11-20(12-14-32)25(34)27-16-22-19(3)28-26(35-22)21-7-5-4-6-8-21/h4-10,15,20H,11-14,16H2,1-3H3,(H,27,34). The molecule has 0 bridgehead atoms. The molecule has 1 aliphatic rings. The third-order valence-corrected chi connectivity index (χ3v) is 7.60. The Morgan fingerprint density at radius 3 is 2.40 bits per heavy atom. The third-order valence-electron chi connectivity index (χ3n) is 6.39. The number of carbonyl (C=O) groups is 1. The van der Waals surface area contributed by atoms with Crippen LogP contribution in [-0.4, -0.2) is 44.0 Å². The van der Waals surface area contributed by atoms with Gasteiger partial charge < -0.3 is 10.2 Å². The van der Waals surface area contributed by atoms with E-state index >= 15 is 0 Å². The van der Waals surface area contributed by atoms with E-state index in [1.54, 1.807) is 16.0 Å². The van der Waals surface area contributed by atoms with E-state index in [1.807, 2.05) is 57.2 Å². The van der Waals surface area contributed by atoms with Crippen molar-refractivity contribution >= 4 is 23.1 Å². The molecule has 1 aliphatic heterocycles. The summed E-state index contributed by atoms with van der Waals surface area (Å²) >= 11 is 1.65. The van der Waals surface area contributed by atoms with Crippen LogP contribution >= 0.6 is 11.3 Å². The van der Waals surface area contributed by atoms with E-state index in [0.29, 0.717) is 12.4 Å². The molecular formula is C26H29N7OS. The first-order valence-corrected chi connectivity index (χ1v) is 12.7. The molecule has 180 valence electrons. The average molecular weight is 488 g/mol. The smallest absolute Gasteiger partial charge is 0.223 e. The van der Waals surface area contributed by atoms with Crippen molar-refractivity contribution < 1.29 is 4.79 Å². The molecular weight excluding hydrogens is 458 g/mol. The summed E-state index contributed by atoms with van der Waals surface area (Å²) in [5, 5.41) is 17.4. The minimum Gasteiger partial charge on any atom is -0.355 e. The Morgan fingerprint density at radius 1 is 1.03 bits per heavy atom. The molecule has 0 saturated carbocycles. The Morgan fingerprint density at radius 2 is 1.74 bits per heavy atom. The number of aromatic nitrogens is 5. The summed E-state index contributed by atoms with van der Waals surface area (Å²) in [5.74, 6) is 1.67. The molecule has 9 heteroatoms. The highest BCUT2D eigenvalue weighted by Gasteiger charge is 2.26. The lowest BCUT2D eigenvalue weighted by atomic mass is 9.96. The zero-order valence-electron chi connectivity index (χ0n) is 20.2. The number of anilines is 1. The maximum absolute atomic E-state index is 12.9. The second-order valence-corrected chi connectivity index (χ2v) is 10.0. The molecule has 1 amide bonds. The van der Waals surface area contributed by atoms with Crippen LogP contribution in [-0.2, 0) is 11.3 Å². The number of aryl methyl sites for hydroxylation is 3. The van der Waals surface area contributed by atoms with E-state index in [4.69, 9.17) is 0 Å². The lowest BCUT2D eigenvalue weighted by Crippen LogP contribution is -2.40. The summed E-state index contributed by atoms with van der Waals surface area (Å²) in [4.78, 5) is 20.8. The molecule has 4 aromatic rings. The quantitative estimate of drug-likeness (QED) is 0.438. The number of amides is 1. The van der Waals surface area contributed by atoms with Crippen molar-refractivity contribution in [3.8, 4) is 16.4 Å². The van der Waals surface area contributed by atoms with Gasteiger partial charge in [-0.15, -0.1) is 21.5 Å². The Kier molecular flexibility index (Phi) is 6.59. The molecule has 8 nitrogen and oxygen atoms in total. The molecule has 0 spiro atoms. The Bertz CT molecular complexity index is 1310. The number of carbonyl (C=O) groups excluding carboxylic acids is 1. The fraction of sp³-hybridized carbons (Fsp3) is 0.346. The number of thiazole rings is 1. The van der Waals surface area contributed by atoms with Crippen LogP contribution in [0.15, 0.2) is 48.5 Å². The molecule has 0 atom stereocenters. The summed E-state index contributed by atoms with van der Waals surface area (Å²) in [6.07, 6.45) is 1.59. The van der Waals surface area contributed by atoms with Crippen LogP contribution in [0.1, 0.15) is 34.8 Å². The number of nitrogens with zero attached hydrogens (tertiary/aromatic N) is 6. The van der Waals surface area contributed by atoms with Gasteiger partial charge in [0, 0.05) is 35.1 Å². The molecule has 1 aromatic carbocycles. The maximum atomic E-state index is 12.9. The van der Waals surface area contributed by atoms with Gasteiger partial charge in [-0.2, -0.15) is 5.10 Å². The first-order chi connectivity index (χ1) is 17.0. The predicted molar refractivity (Wildman–Crippen MR) is 138 cm³/mol. The molecule has 1 saturated heterocycles. The summed E-state index contributed by atoms with van der Waals surface area (Å²) in [5.41, 5.74) is 4.07. The number of hydrogen-bond donors (Lipinski definition) is 1. The maximum Gasteiger partial charge on any atom is 0.223 e. The number of benzene rings is 1. The Hall–Kier alpha value is -3.59. The van der Waals surface area contributed by atoms with E-state index in [9.17, 15) is 4.79 Å². The predicted octanol–water partition coefficient (Wildman–Crippen LogP) is 4.24. The van der Waals surface area contributed by atoms with Crippen molar-refractivity contribution in [3.05, 3.63) is 70.5 Å². The molecule has 35 heavy (non-hydrogen) atoms. The van der Waals surface area contributed by atoms with Crippen LogP contribution < -0.4 is 10.2 Å². The topological polar surface area (TPSA) is 88.8 Å². The Labute approximate surface area is 209 Å². The molecule has 0 radical (unpaired) electrons. The van der Waals surface area contributed by atoms with E-state index in [0.717, 1.165) is 64.3 Å². The second kappa shape index (κ2) is 9.95. The molecule has 3 aromatic heterocycles. The van der Waals surface area contributed by atoms with Gasteiger partial charge in [0.2, 0.25) is 5.91 Å². The summed E-state index contributed by atoms with van der Waals surface area (Å²) in [6.45, 7) is 8.06. The lowest BCUT2D eigenvalue weighted by molar-refractivity contribution is -0.125. The van der Waals surface area contributed by atoms with Crippen molar-refractivity contribution in [1.82, 2.24) is 30.3 Å². The van der Waals surface area contributed by atoms with Crippen molar-refractivity contribution in [3.63, 3.8) is 0 Å².